The molecule has 0 N–H and O–H groups in total. The van der Waals surface area contributed by atoms with Gasteiger partial charge >= 0.3 is 5.97 Å². The number of carbonyl (C=O) groups is 1. The molecule has 0 spiro atoms. The standard InChI is InChI=1S/C12H21N3O4S/c1-5-7-20(17,18)8-6-15-11(9(2)3)10(13-14-15)12(16)19-4/h9H,5-8H2,1-4H3. The van der Waals surface area contributed by atoms with Crippen molar-refractivity contribution in [3.05, 3.63) is 11.4 Å². The number of methoxy groups -OCH3 is 1. The van der Waals surface area contributed by atoms with Crippen LogP contribution in [-0.4, -0.2) is 48.0 Å². The maximum Gasteiger partial charge on any atom is 0.360 e. The number of aromatic nitrogens is 3. The van der Waals surface area contributed by atoms with Crippen LogP contribution >= 0.6 is 0 Å². The lowest BCUT2D eigenvalue weighted by Crippen LogP contribution is -2.19. The molecule has 0 bridgehead atoms. The van der Waals surface area contributed by atoms with Gasteiger partial charge in [-0.3, -0.25) is 0 Å². The van der Waals surface area contributed by atoms with Crippen LogP contribution in [0.3, 0.4) is 0 Å². The summed E-state index contributed by atoms with van der Waals surface area (Å²) < 4.78 is 29.6. The Balaban J connectivity index is 2.97. The molecule has 1 aromatic heterocycles. The molecular formula is C12H21N3O4S. The van der Waals surface area contributed by atoms with Crippen molar-refractivity contribution in [2.24, 2.45) is 0 Å². The fraction of sp³-hybridized carbons (Fsp3) is 0.750. The van der Waals surface area contributed by atoms with Crippen LogP contribution in [0.5, 0.6) is 0 Å². The molecule has 1 rings (SSSR count). The van der Waals surface area contributed by atoms with E-state index in [4.69, 9.17) is 0 Å². The van der Waals surface area contributed by atoms with Gasteiger partial charge in [-0.2, -0.15) is 0 Å². The van der Waals surface area contributed by atoms with E-state index in [0.29, 0.717) is 12.1 Å². The van der Waals surface area contributed by atoms with Crippen LogP contribution in [0.1, 0.15) is 49.3 Å². The van der Waals surface area contributed by atoms with Crippen molar-refractivity contribution < 1.29 is 17.9 Å². The third-order valence-electron chi connectivity index (χ3n) is 2.83. The lowest BCUT2D eigenvalue weighted by atomic mass is 10.1. The van der Waals surface area contributed by atoms with Gasteiger partial charge in [0.1, 0.15) is 0 Å². The SMILES string of the molecule is CCCS(=O)(=O)CCn1nnc(C(=O)OC)c1C(C)C. The molecule has 0 aliphatic carbocycles. The highest BCUT2D eigenvalue weighted by atomic mass is 32.2. The molecule has 7 nitrogen and oxygen atoms in total. The van der Waals surface area contributed by atoms with Crippen molar-refractivity contribution in [3.63, 3.8) is 0 Å². The number of ether oxygens (including phenoxy) is 1. The third-order valence-corrected chi connectivity index (χ3v) is 4.66. The number of nitrogens with zero attached hydrogens (tertiary/aromatic N) is 3. The first kappa shape index (κ1) is 16.6. The molecule has 0 saturated heterocycles. The maximum atomic E-state index is 11.7. The fourth-order valence-corrected chi connectivity index (χ4v) is 3.21. The lowest BCUT2D eigenvalue weighted by molar-refractivity contribution is 0.0592. The first-order valence-corrected chi connectivity index (χ1v) is 8.36. The number of hydrogen-bond acceptors (Lipinski definition) is 6. The molecule has 0 saturated carbocycles. The van der Waals surface area contributed by atoms with Crippen molar-refractivity contribution >= 4 is 15.8 Å². The van der Waals surface area contributed by atoms with Crippen molar-refractivity contribution in [1.29, 1.82) is 0 Å². The molecule has 114 valence electrons. The van der Waals surface area contributed by atoms with Gasteiger partial charge in [-0.1, -0.05) is 26.0 Å². The molecule has 1 aromatic rings. The zero-order chi connectivity index (χ0) is 15.3. The van der Waals surface area contributed by atoms with Crippen LogP contribution in [0.25, 0.3) is 0 Å². The van der Waals surface area contributed by atoms with Gasteiger partial charge in [0.2, 0.25) is 0 Å². The van der Waals surface area contributed by atoms with Crippen LogP contribution < -0.4 is 0 Å². The van der Waals surface area contributed by atoms with E-state index in [1.807, 2.05) is 20.8 Å². The molecule has 0 fully saturated rings. The summed E-state index contributed by atoms with van der Waals surface area (Å²) in [5, 5.41) is 7.67. The first-order valence-electron chi connectivity index (χ1n) is 6.54. The molecule has 0 aliphatic rings. The predicted molar refractivity (Wildman–Crippen MR) is 74.4 cm³/mol. The monoisotopic (exact) mass is 303 g/mol. The topological polar surface area (TPSA) is 91.1 Å². The summed E-state index contributed by atoms with van der Waals surface area (Å²) in [4.78, 5) is 11.6. The minimum Gasteiger partial charge on any atom is -0.464 e. The van der Waals surface area contributed by atoms with Crippen LogP contribution in [-0.2, 0) is 21.1 Å². The highest BCUT2D eigenvalue weighted by Gasteiger charge is 2.23. The Kier molecular flexibility index (Phi) is 5.67. The highest BCUT2D eigenvalue weighted by Crippen LogP contribution is 2.18. The average molecular weight is 303 g/mol. The van der Waals surface area contributed by atoms with Crippen LogP contribution in [0, 0.1) is 0 Å². The summed E-state index contributed by atoms with van der Waals surface area (Å²) in [5.41, 5.74) is 0.749. The number of hydrogen-bond donors (Lipinski definition) is 0. The zero-order valence-electron chi connectivity index (χ0n) is 12.3. The van der Waals surface area contributed by atoms with Gasteiger partial charge < -0.3 is 4.74 Å². The Morgan fingerprint density at radius 3 is 2.50 bits per heavy atom. The number of carbonyl (C=O) groups excluding carboxylic acids is 1. The Labute approximate surface area is 119 Å². The Hall–Kier alpha value is -1.44. The van der Waals surface area contributed by atoms with E-state index in [1.54, 1.807) is 0 Å². The molecule has 0 atom stereocenters. The van der Waals surface area contributed by atoms with Crippen molar-refractivity contribution in [2.75, 3.05) is 18.6 Å². The normalized spacial score (nSPS) is 11.8. The molecule has 0 aromatic carbocycles. The molecule has 0 amide bonds. The molecule has 8 heteroatoms. The van der Waals surface area contributed by atoms with Crippen molar-refractivity contribution in [3.8, 4) is 0 Å². The number of sulfone groups is 1. The predicted octanol–water partition coefficient (Wildman–Crippen LogP) is 1.01. The zero-order valence-corrected chi connectivity index (χ0v) is 13.1. The minimum absolute atomic E-state index is 0.00650. The van der Waals surface area contributed by atoms with Crippen LogP contribution in [0.4, 0.5) is 0 Å². The molecule has 1 heterocycles. The van der Waals surface area contributed by atoms with E-state index >= 15 is 0 Å². The van der Waals surface area contributed by atoms with E-state index in [0.717, 1.165) is 0 Å². The van der Waals surface area contributed by atoms with E-state index in [9.17, 15) is 13.2 Å². The summed E-state index contributed by atoms with van der Waals surface area (Å²) in [6, 6.07) is 0. The second-order valence-corrected chi connectivity index (χ2v) is 7.15. The Morgan fingerprint density at radius 2 is 2.00 bits per heavy atom. The summed E-state index contributed by atoms with van der Waals surface area (Å²) >= 11 is 0. The van der Waals surface area contributed by atoms with E-state index < -0.39 is 15.8 Å². The molecule has 0 aliphatic heterocycles. The van der Waals surface area contributed by atoms with Gasteiger partial charge in [0.15, 0.2) is 15.5 Å². The van der Waals surface area contributed by atoms with Gasteiger partial charge in [0.05, 0.1) is 25.1 Å². The van der Waals surface area contributed by atoms with Gasteiger partial charge in [-0.05, 0) is 12.3 Å². The molecular weight excluding hydrogens is 282 g/mol. The average Bonchev–Trinajstić information content (AvgIpc) is 2.79. The molecule has 0 radical (unpaired) electrons. The molecule has 20 heavy (non-hydrogen) atoms. The largest absolute Gasteiger partial charge is 0.464 e. The molecule has 0 unspecified atom stereocenters. The van der Waals surface area contributed by atoms with Gasteiger partial charge in [-0.15, -0.1) is 5.10 Å². The third kappa shape index (κ3) is 4.03. The second kappa shape index (κ2) is 6.83. The summed E-state index contributed by atoms with van der Waals surface area (Å²) in [6.07, 6.45) is 0.587. The van der Waals surface area contributed by atoms with E-state index in [1.165, 1.54) is 11.8 Å². The summed E-state index contributed by atoms with van der Waals surface area (Å²) in [6.45, 7) is 5.80. The first-order chi connectivity index (χ1) is 9.32. The number of aryl methyl sites for hydroxylation is 1. The van der Waals surface area contributed by atoms with E-state index in [-0.39, 0.29) is 29.7 Å². The fourth-order valence-electron chi connectivity index (χ4n) is 1.94. The van der Waals surface area contributed by atoms with Gasteiger partial charge in [0.25, 0.3) is 0 Å². The minimum atomic E-state index is -3.09. The number of rotatable bonds is 7. The van der Waals surface area contributed by atoms with Gasteiger partial charge in [-0.25, -0.2) is 17.9 Å². The second-order valence-electron chi connectivity index (χ2n) is 4.84. The quantitative estimate of drug-likeness (QED) is 0.698. The number of esters is 1. The highest BCUT2D eigenvalue weighted by molar-refractivity contribution is 7.91. The van der Waals surface area contributed by atoms with Crippen LogP contribution in [0.2, 0.25) is 0 Å². The summed E-state index contributed by atoms with van der Waals surface area (Å²) in [5.74, 6) is -0.419. The Bertz CT molecular complexity index is 563. The van der Waals surface area contributed by atoms with E-state index in [2.05, 4.69) is 15.0 Å². The van der Waals surface area contributed by atoms with Gasteiger partial charge in [0, 0.05) is 5.75 Å². The maximum absolute atomic E-state index is 11.7. The lowest BCUT2D eigenvalue weighted by Gasteiger charge is -2.10. The summed E-state index contributed by atoms with van der Waals surface area (Å²) in [7, 11) is -1.82. The Morgan fingerprint density at radius 1 is 1.35 bits per heavy atom. The van der Waals surface area contributed by atoms with Crippen molar-refractivity contribution in [1.82, 2.24) is 15.0 Å². The smallest absolute Gasteiger partial charge is 0.360 e. The van der Waals surface area contributed by atoms with Crippen LogP contribution in [0.15, 0.2) is 0 Å². The van der Waals surface area contributed by atoms with Crippen molar-refractivity contribution in [2.45, 2.75) is 39.7 Å².